The van der Waals surface area contributed by atoms with E-state index >= 15 is 0 Å². The Bertz CT molecular complexity index is 654. The maximum atomic E-state index is 12.7. The van der Waals surface area contributed by atoms with Crippen LogP contribution in [0.4, 0.5) is 13.2 Å². The van der Waals surface area contributed by atoms with E-state index in [0.29, 0.717) is 5.56 Å². The molecule has 26 heavy (non-hydrogen) atoms. The molecule has 0 spiro atoms. The maximum Gasteiger partial charge on any atom is 0.416 e. The second kappa shape index (κ2) is 10.0. The van der Waals surface area contributed by atoms with Crippen molar-refractivity contribution in [2.45, 2.75) is 36.9 Å². The lowest BCUT2D eigenvalue weighted by molar-refractivity contribution is -0.137. The first kappa shape index (κ1) is 27.5. The fourth-order valence-corrected chi connectivity index (χ4v) is 2.80. The summed E-state index contributed by atoms with van der Waals surface area (Å²) < 4.78 is 39.0. The first-order valence-corrected chi connectivity index (χ1v) is 8.10. The lowest BCUT2D eigenvalue weighted by atomic mass is 9.82. The van der Waals surface area contributed by atoms with Gasteiger partial charge in [0.2, 0.25) is 0 Å². The summed E-state index contributed by atoms with van der Waals surface area (Å²) in [4.78, 5) is 3.84. The van der Waals surface area contributed by atoms with Gasteiger partial charge in [-0.05, 0) is 37.8 Å². The van der Waals surface area contributed by atoms with Crippen molar-refractivity contribution >= 4 is 49.0 Å². The van der Waals surface area contributed by atoms with Crippen LogP contribution >= 0.6 is 49.0 Å². The number of halogens is 6. The molecule has 150 valence electrons. The quantitative estimate of drug-likeness (QED) is 0.718. The molecular weight excluding hydrogens is 434 g/mol. The zero-order valence-corrected chi connectivity index (χ0v) is 17.5. The van der Waals surface area contributed by atoms with Gasteiger partial charge in [-0.2, -0.15) is 30.0 Å². The summed E-state index contributed by atoms with van der Waals surface area (Å²) in [7, 11) is 0. The molecular formula is C15H21Cl3F3N3OS. The van der Waals surface area contributed by atoms with Crippen LogP contribution in [-0.2, 0) is 18.3 Å². The molecule has 2 aromatic rings. The minimum atomic E-state index is -4.41. The van der Waals surface area contributed by atoms with Crippen molar-refractivity contribution in [3.05, 3.63) is 48.0 Å². The van der Waals surface area contributed by atoms with Crippen LogP contribution in [0.1, 0.15) is 25.0 Å². The number of aromatic nitrogens is 3. The summed E-state index contributed by atoms with van der Waals surface area (Å²) in [6.07, 6.45) is 0.249. The van der Waals surface area contributed by atoms with Gasteiger partial charge in [0.25, 0.3) is 0 Å². The van der Waals surface area contributed by atoms with Crippen molar-refractivity contribution in [3.63, 3.8) is 0 Å². The molecule has 1 unspecified atom stereocenters. The highest BCUT2D eigenvalue weighted by Gasteiger charge is 2.45. The maximum absolute atomic E-state index is 12.7. The number of thioether (sulfide) groups is 1. The molecule has 0 aliphatic carbocycles. The molecule has 0 fully saturated rings. The average Bonchev–Trinajstić information content (AvgIpc) is 2.99. The Kier molecular flexibility index (Phi) is 10.6. The molecule has 0 aliphatic rings. The van der Waals surface area contributed by atoms with Gasteiger partial charge in [-0.1, -0.05) is 12.1 Å². The highest BCUT2D eigenvalue weighted by molar-refractivity contribution is 8.00. The molecule has 2 rings (SSSR count). The van der Waals surface area contributed by atoms with Gasteiger partial charge < -0.3 is 5.11 Å². The van der Waals surface area contributed by atoms with E-state index < -0.39 is 22.1 Å². The Hall–Kier alpha value is -0.670. The normalized spacial score (nSPS) is 13.7. The van der Waals surface area contributed by atoms with Gasteiger partial charge in [-0.15, -0.1) is 37.2 Å². The smallest absolute Gasteiger partial charge is 0.382 e. The Morgan fingerprint density at radius 2 is 1.54 bits per heavy atom. The Labute approximate surface area is 173 Å². The molecule has 0 amide bonds. The molecule has 1 atom stereocenters. The summed E-state index contributed by atoms with van der Waals surface area (Å²) >= 11 is 1.43. The Morgan fingerprint density at radius 3 is 1.92 bits per heavy atom. The number of alkyl halides is 3. The molecule has 1 aromatic carbocycles. The lowest BCUT2D eigenvalue weighted by Crippen LogP contribution is -2.48. The minimum Gasteiger partial charge on any atom is -0.382 e. The SMILES string of the molecule is CSC(C)(C)C(O)(Cn1cncn1)c1ccc(C(F)(F)F)cc1.Cl.Cl.Cl. The summed E-state index contributed by atoms with van der Waals surface area (Å²) in [5, 5.41) is 15.3. The fraction of sp³-hybridized carbons (Fsp3) is 0.467. The third kappa shape index (κ3) is 5.66. The predicted molar refractivity (Wildman–Crippen MR) is 105 cm³/mol. The van der Waals surface area contributed by atoms with Gasteiger partial charge >= 0.3 is 6.18 Å². The first-order valence-electron chi connectivity index (χ1n) is 6.88. The zero-order valence-electron chi connectivity index (χ0n) is 14.2. The third-order valence-electron chi connectivity index (χ3n) is 4.05. The number of rotatable bonds is 5. The monoisotopic (exact) mass is 453 g/mol. The Morgan fingerprint density at radius 1 is 1.04 bits per heavy atom. The van der Waals surface area contributed by atoms with E-state index in [9.17, 15) is 18.3 Å². The van der Waals surface area contributed by atoms with Crippen LogP contribution in [-0.4, -0.2) is 30.9 Å². The fourth-order valence-electron chi connectivity index (χ4n) is 2.28. The number of hydrogen-bond donors (Lipinski definition) is 1. The number of aliphatic hydroxyl groups is 1. The minimum absolute atomic E-state index is 0. The van der Waals surface area contributed by atoms with Gasteiger partial charge in [-0.25, -0.2) is 9.67 Å². The number of benzene rings is 1. The molecule has 0 radical (unpaired) electrons. The molecule has 11 heteroatoms. The van der Waals surface area contributed by atoms with Crippen LogP contribution in [0.3, 0.4) is 0 Å². The molecule has 4 nitrogen and oxygen atoms in total. The van der Waals surface area contributed by atoms with E-state index in [2.05, 4.69) is 10.1 Å². The van der Waals surface area contributed by atoms with Crippen molar-refractivity contribution in [1.29, 1.82) is 0 Å². The van der Waals surface area contributed by atoms with Crippen molar-refractivity contribution in [1.82, 2.24) is 14.8 Å². The largest absolute Gasteiger partial charge is 0.416 e. The van der Waals surface area contributed by atoms with Crippen LogP contribution in [0.2, 0.25) is 0 Å². The third-order valence-corrected chi connectivity index (χ3v) is 5.41. The van der Waals surface area contributed by atoms with Gasteiger partial charge in [0.05, 0.1) is 12.1 Å². The van der Waals surface area contributed by atoms with Gasteiger partial charge in [0.1, 0.15) is 18.3 Å². The highest BCUT2D eigenvalue weighted by Crippen LogP contribution is 2.43. The van der Waals surface area contributed by atoms with E-state index in [0.717, 1.165) is 12.1 Å². The van der Waals surface area contributed by atoms with E-state index in [4.69, 9.17) is 0 Å². The van der Waals surface area contributed by atoms with Crippen LogP contribution in [0.25, 0.3) is 0 Å². The summed E-state index contributed by atoms with van der Waals surface area (Å²) in [5.74, 6) is 0. The van der Waals surface area contributed by atoms with Gasteiger partial charge in [0.15, 0.2) is 0 Å². The second-order valence-corrected chi connectivity index (χ2v) is 7.17. The van der Waals surface area contributed by atoms with Crippen LogP contribution < -0.4 is 0 Å². The number of nitrogens with zero attached hydrogens (tertiary/aromatic N) is 3. The van der Waals surface area contributed by atoms with Crippen molar-refractivity contribution in [2.75, 3.05) is 6.26 Å². The van der Waals surface area contributed by atoms with E-state index in [-0.39, 0.29) is 43.8 Å². The van der Waals surface area contributed by atoms with Crippen molar-refractivity contribution in [2.24, 2.45) is 0 Å². The topological polar surface area (TPSA) is 50.9 Å². The highest BCUT2D eigenvalue weighted by atomic mass is 35.5. The molecule has 1 heterocycles. The molecule has 0 aliphatic heterocycles. The molecule has 1 N–H and O–H groups in total. The van der Waals surface area contributed by atoms with Gasteiger partial charge in [-0.3, -0.25) is 0 Å². The van der Waals surface area contributed by atoms with Crippen LogP contribution in [0.15, 0.2) is 36.9 Å². The van der Waals surface area contributed by atoms with E-state index in [1.807, 2.05) is 20.1 Å². The summed E-state index contributed by atoms with van der Waals surface area (Å²) in [6, 6.07) is 4.60. The number of hydrogen-bond acceptors (Lipinski definition) is 4. The predicted octanol–water partition coefficient (Wildman–Crippen LogP) is 4.59. The summed E-state index contributed by atoms with van der Waals surface area (Å²) in [6.45, 7) is 3.77. The second-order valence-electron chi connectivity index (χ2n) is 5.74. The standard InChI is InChI=1S/C15H18F3N3OS.3ClH/c1-13(2,23-3)14(22,8-21-10-19-9-20-21)11-4-6-12(7-5-11)15(16,17)18;;;/h4-7,9-10,22H,8H2,1-3H3;3*1H. The van der Waals surface area contributed by atoms with Crippen molar-refractivity contribution in [3.8, 4) is 0 Å². The molecule has 0 bridgehead atoms. The van der Waals surface area contributed by atoms with E-state index in [1.54, 1.807) is 0 Å². The molecule has 0 saturated carbocycles. The van der Waals surface area contributed by atoms with Gasteiger partial charge in [0, 0.05) is 4.75 Å². The first-order chi connectivity index (χ1) is 10.6. The van der Waals surface area contributed by atoms with E-state index in [1.165, 1.54) is 41.2 Å². The summed E-state index contributed by atoms with van der Waals surface area (Å²) in [5.41, 5.74) is -1.75. The van der Waals surface area contributed by atoms with Crippen LogP contribution in [0.5, 0.6) is 0 Å². The lowest BCUT2D eigenvalue weighted by Gasteiger charge is -2.42. The average molecular weight is 455 g/mol. The Balaban J connectivity index is 0. The van der Waals surface area contributed by atoms with Crippen LogP contribution in [0, 0.1) is 0 Å². The zero-order chi connectivity index (χ0) is 17.3. The van der Waals surface area contributed by atoms with Crippen molar-refractivity contribution < 1.29 is 18.3 Å². The molecule has 1 aromatic heterocycles. The molecule has 0 saturated heterocycles.